The molecule has 0 aliphatic carbocycles. The van der Waals surface area contributed by atoms with Crippen molar-refractivity contribution in [3.05, 3.63) is 29.3 Å². The van der Waals surface area contributed by atoms with Gasteiger partial charge in [0.25, 0.3) is 0 Å². The van der Waals surface area contributed by atoms with Gasteiger partial charge in [0.15, 0.2) is 5.96 Å². The Balaban J connectivity index is 1.81. The molecular formula is C19H30N4O3. The molecule has 1 aromatic rings. The van der Waals surface area contributed by atoms with Gasteiger partial charge in [-0.05, 0) is 43.9 Å². The smallest absolute Gasteiger partial charge is 0.409 e. The molecule has 2 rings (SSSR count). The van der Waals surface area contributed by atoms with E-state index >= 15 is 0 Å². The number of carbonyl (C=O) groups excluding carboxylic acids is 1. The summed E-state index contributed by atoms with van der Waals surface area (Å²) < 4.78 is 10.3. The maximum atomic E-state index is 11.5. The highest BCUT2D eigenvalue weighted by Gasteiger charge is 2.23. The van der Waals surface area contributed by atoms with Gasteiger partial charge < -0.3 is 25.0 Å². The van der Waals surface area contributed by atoms with E-state index in [4.69, 9.17) is 9.47 Å². The van der Waals surface area contributed by atoms with Crippen molar-refractivity contribution in [2.24, 2.45) is 4.99 Å². The highest BCUT2D eigenvalue weighted by atomic mass is 16.5. The molecule has 144 valence electrons. The van der Waals surface area contributed by atoms with Gasteiger partial charge in [-0.3, -0.25) is 4.99 Å². The third kappa shape index (κ3) is 5.54. The van der Waals surface area contributed by atoms with E-state index in [2.05, 4.69) is 34.7 Å². The number of guanidine groups is 1. The van der Waals surface area contributed by atoms with Crippen LogP contribution >= 0.6 is 0 Å². The zero-order valence-corrected chi connectivity index (χ0v) is 16.2. The van der Waals surface area contributed by atoms with E-state index in [-0.39, 0.29) is 6.09 Å². The van der Waals surface area contributed by atoms with Crippen LogP contribution in [-0.4, -0.2) is 56.8 Å². The number of nitrogens with zero attached hydrogens (tertiary/aromatic N) is 2. The number of rotatable bonds is 5. The number of carbonyl (C=O) groups is 1. The van der Waals surface area contributed by atoms with Gasteiger partial charge in [0, 0.05) is 32.7 Å². The molecule has 0 spiro atoms. The topological polar surface area (TPSA) is 75.2 Å². The molecule has 1 aromatic carbocycles. The monoisotopic (exact) mass is 362 g/mol. The average Bonchev–Trinajstić information content (AvgIpc) is 2.67. The summed E-state index contributed by atoms with van der Waals surface area (Å²) in [6, 6.07) is 6.49. The molecule has 0 unspecified atom stereocenters. The van der Waals surface area contributed by atoms with E-state index in [1.54, 1.807) is 11.9 Å². The Morgan fingerprint density at radius 1 is 1.35 bits per heavy atom. The predicted molar refractivity (Wildman–Crippen MR) is 103 cm³/mol. The van der Waals surface area contributed by atoms with Crippen LogP contribution in [-0.2, 0) is 11.3 Å². The fourth-order valence-electron chi connectivity index (χ4n) is 3.05. The lowest BCUT2D eigenvalue weighted by molar-refractivity contribution is 0.111. The number of hydrogen-bond donors (Lipinski definition) is 2. The highest BCUT2D eigenvalue weighted by molar-refractivity contribution is 5.80. The van der Waals surface area contributed by atoms with Crippen molar-refractivity contribution in [3.8, 4) is 5.75 Å². The standard InChI is InChI=1S/C19H30N4O3/c1-5-26-17-7-6-15(12-14(17)2)13-21-18(20-3)22-16-8-10-23(11-9-16)19(24)25-4/h6-7,12,16H,5,8-11,13H2,1-4H3,(H2,20,21,22). The minimum absolute atomic E-state index is 0.253. The first kappa shape index (κ1) is 19.9. The van der Waals surface area contributed by atoms with Crippen molar-refractivity contribution in [1.29, 1.82) is 0 Å². The molecule has 1 aliphatic rings. The third-order valence-corrected chi connectivity index (χ3v) is 4.49. The Labute approximate surface area is 155 Å². The van der Waals surface area contributed by atoms with Gasteiger partial charge >= 0.3 is 6.09 Å². The second-order valence-electron chi connectivity index (χ2n) is 6.33. The SMILES string of the molecule is CCOc1ccc(CNC(=NC)NC2CCN(C(=O)OC)CC2)cc1C. The number of nitrogens with one attached hydrogen (secondary N) is 2. The Bertz CT molecular complexity index is 625. The van der Waals surface area contributed by atoms with Gasteiger partial charge in [-0.1, -0.05) is 12.1 Å². The predicted octanol–water partition coefficient (Wildman–Crippen LogP) is 2.29. The number of benzene rings is 1. The molecule has 0 bridgehead atoms. The number of amides is 1. The van der Waals surface area contributed by atoms with E-state index in [0.717, 1.165) is 30.1 Å². The summed E-state index contributed by atoms with van der Waals surface area (Å²) in [6.45, 7) is 6.79. The molecule has 2 N–H and O–H groups in total. The second kappa shape index (κ2) is 9.89. The summed E-state index contributed by atoms with van der Waals surface area (Å²) in [5, 5.41) is 6.78. The lowest BCUT2D eigenvalue weighted by atomic mass is 10.1. The van der Waals surface area contributed by atoms with Crippen LogP contribution in [0.4, 0.5) is 4.79 Å². The lowest BCUT2D eigenvalue weighted by Crippen LogP contribution is -2.49. The van der Waals surface area contributed by atoms with Crippen molar-refractivity contribution in [2.75, 3.05) is 33.9 Å². The van der Waals surface area contributed by atoms with Crippen LogP contribution in [0.25, 0.3) is 0 Å². The first-order chi connectivity index (χ1) is 12.6. The van der Waals surface area contributed by atoms with Gasteiger partial charge in [-0.2, -0.15) is 0 Å². The van der Waals surface area contributed by atoms with E-state index in [9.17, 15) is 4.79 Å². The van der Waals surface area contributed by atoms with Crippen LogP contribution in [0.5, 0.6) is 5.75 Å². The summed E-state index contributed by atoms with van der Waals surface area (Å²) in [7, 11) is 3.18. The minimum Gasteiger partial charge on any atom is -0.494 e. The zero-order valence-electron chi connectivity index (χ0n) is 16.2. The summed E-state index contributed by atoms with van der Waals surface area (Å²) in [5.74, 6) is 1.70. The molecule has 1 heterocycles. The maximum Gasteiger partial charge on any atom is 0.409 e. The van der Waals surface area contributed by atoms with Crippen LogP contribution in [0.3, 0.4) is 0 Å². The third-order valence-electron chi connectivity index (χ3n) is 4.49. The van der Waals surface area contributed by atoms with Crippen LogP contribution in [0.1, 0.15) is 30.9 Å². The van der Waals surface area contributed by atoms with Crippen LogP contribution in [0, 0.1) is 6.92 Å². The number of aliphatic imine (C=N–C) groups is 1. The molecule has 0 radical (unpaired) electrons. The minimum atomic E-state index is -0.253. The summed E-state index contributed by atoms with van der Waals surface area (Å²) in [4.78, 5) is 17.6. The molecule has 1 fully saturated rings. The van der Waals surface area contributed by atoms with Crippen LogP contribution < -0.4 is 15.4 Å². The molecule has 7 nitrogen and oxygen atoms in total. The molecule has 7 heteroatoms. The van der Waals surface area contributed by atoms with Crippen LogP contribution in [0.2, 0.25) is 0 Å². The van der Waals surface area contributed by atoms with Gasteiger partial charge in [0.1, 0.15) is 5.75 Å². The molecule has 1 amide bonds. The van der Waals surface area contributed by atoms with Gasteiger partial charge in [0.05, 0.1) is 13.7 Å². The van der Waals surface area contributed by atoms with E-state index < -0.39 is 0 Å². The van der Waals surface area contributed by atoms with Gasteiger partial charge in [0.2, 0.25) is 0 Å². The molecule has 1 saturated heterocycles. The maximum absolute atomic E-state index is 11.5. The second-order valence-corrected chi connectivity index (χ2v) is 6.33. The Hall–Kier alpha value is -2.44. The summed E-state index contributed by atoms with van der Waals surface area (Å²) in [6.07, 6.45) is 1.49. The number of hydrogen-bond acceptors (Lipinski definition) is 4. The molecule has 0 aromatic heterocycles. The molecular weight excluding hydrogens is 332 g/mol. The van der Waals surface area contributed by atoms with Crippen molar-refractivity contribution in [3.63, 3.8) is 0 Å². The molecule has 1 aliphatic heterocycles. The van der Waals surface area contributed by atoms with E-state index in [1.165, 1.54) is 12.7 Å². The largest absolute Gasteiger partial charge is 0.494 e. The van der Waals surface area contributed by atoms with Crippen molar-refractivity contribution in [1.82, 2.24) is 15.5 Å². The fraction of sp³-hybridized carbons (Fsp3) is 0.579. The highest BCUT2D eigenvalue weighted by Crippen LogP contribution is 2.19. The first-order valence-corrected chi connectivity index (χ1v) is 9.09. The van der Waals surface area contributed by atoms with E-state index in [0.29, 0.717) is 32.3 Å². The van der Waals surface area contributed by atoms with Gasteiger partial charge in [-0.15, -0.1) is 0 Å². The fourth-order valence-corrected chi connectivity index (χ4v) is 3.05. The number of likely N-dealkylation sites (tertiary alicyclic amines) is 1. The Morgan fingerprint density at radius 3 is 2.65 bits per heavy atom. The number of aryl methyl sites for hydroxylation is 1. The first-order valence-electron chi connectivity index (χ1n) is 9.09. The normalized spacial score (nSPS) is 15.5. The molecule has 0 atom stereocenters. The molecule has 26 heavy (non-hydrogen) atoms. The van der Waals surface area contributed by atoms with Gasteiger partial charge in [-0.25, -0.2) is 4.79 Å². The Morgan fingerprint density at radius 2 is 2.08 bits per heavy atom. The summed E-state index contributed by atoms with van der Waals surface area (Å²) >= 11 is 0. The number of piperidine rings is 1. The van der Waals surface area contributed by atoms with Crippen molar-refractivity contribution in [2.45, 2.75) is 39.3 Å². The summed E-state index contributed by atoms with van der Waals surface area (Å²) in [5.41, 5.74) is 2.30. The van der Waals surface area contributed by atoms with Crippen molar-refractivity contribution >= 4 is 12.1 Å². The lowest BCUT2D eigenvalue weighted by Gasteiger charge is -2.32. The van der Waals surface area contributed by atoms with E-state index in [1.807, 2.05) is 13.0 Å². The Kier molecular flexibility index (Phi) is 7.56. The van der Waals surface area contributed by atoms with Crippen molar-refractivity contribution < 1.29 is 14.3 Å². The number of ether oxygens (including phenoxy) is 2. The average molecular weight is 362 g/mol. The number of methoxy groups -OCH3 is 1. The van der Waals surface area contributed by atoms with Crippen LogP contribution in [0.15, 0.2) is 23.2 Å². The molecule has 0 saturated carbocycles. The quantitative estimate of drug-likeness (QED) is 0.621. The zero-order chi connectivity index (χ0) is 18.9.